The first-order chi connectivity index (χ1) is 8.61. The molecule has 0 unspecified atom stereocenters. The van der Waals surface area contributed by atoms with Crippen molar-refractivity contribution in [2.45, 2.75) is 5.88 Å². The maximum Gasteiger partial charge on any atom is 0.292 e. The van der Waals surface area contributed by atoms with Crippen LogP contribution in [0.3, 0.4) is 0 Å². The molecule has 1 aromatic rings. The summed E-state index contributed by atoms with van der Waals surface area (Å²) in [5.74, 6) is 1.38. The molecule has 1 saturated heterocycles. The van der Waals surface area contributed by atoms with E-state index in [1.165, 1.54) is 6.07 Å². The summed E-state index contributed by atoms with van der Waals surface area (Å²) in [6, 6.07) is 5.03. The van der Waals surface area contributed by atoms with E-state index in [4.69, 9.17) is 11.6 Å². The van der Waals surface area contributed by atoms with E-state index in [2.05, 4.69) is 0 Å². The van der Waals surface area contributed by atoms with E-state index >= 15 is 0 Å². The summed E-state index contributed by atoms with van der Waals surface area (Å²) in [5, 5.41) is 11.1. The lowest BCUT2D eigenvalue weighted by molar-refractivity contribution is -0.384. The molecular weight excluding hydrogens is 276 g/mol. The number of anilines is 1. The fourth-order valence-corrected chi connectivity index (χ4v) is 3.16. The van der Waals surface area contributed by atoms with Gasteiger partial charge in [0.1, 0.15) is 5.69 Å². The van der Waals surface area contributed by atoms with Crippen molar-refractivity contribution in [1.29, 1.82) is 0 Å². The standard InChI is InChI=1S/C11H13ClN2O3S/c12-8-9-1-2-10(11(7-9)14(15)16)13-3-5-18(17)6-4-13/h1-2,7H,3-6,8H2. The van der Waals surface area contributed by atoms with Crippen LogP contribution in [0.25, 0.3) is 0 Å². The van der Waals surface area contributed by atoms with Gasteiger partial charge in [-0.2, -0.15) is 0 Å². The number of rotatable bonds is 3. The van der Waals surface area contributed by atoms with Gasteiger partial charge in [-0.15, -0.1) is 11.6 Å². The van der Waals surface area contributed by atoms with Gasteiger partial charge in [0.25, 0.3) is 5.69 Å². The van der Waals surface area contributed by atoms with E-state index in [0.717, 1.165) is 5.56 Å². The summed E-state index contributed by atoms with van der Waals surface area (Å²) >= 11 is 5.68. The maximum atomic E-state index is 11.3. The van der Waals surface area contributed by atoms with E-state index in [1.54, 1.807) is 12.1 Å². The Kier molecular flexibility index (Phi) is 4.19. The van der Waals surface area contributed by atoms with Gasteiger partial charge in [-0.3, -0.25) is 14.3 Å². The number of hydrogen-bond acceptors (Lipinski definition) is 4. The van der Waals surface area contributed by atoms with Crippen molar-refractivity contribution in [3.05, 3.63) is 33.9 Å². The molecule has 0 aromatic heterocycles. The Morgan fingerprint density at radius 2 is 2.06 bits per heavy atom. The predicted octanol–water partition coefficient (Wildman–Crippen LogP) is 1.90. The van der Waals surface area contributed by atoms with Crippen molar-refractivity contribution in [3.63, 3.8) is 0 Å². The predicted molar refractivity (Wildman–Crippen MR) is 72.7 cm³/mol. The minimum atomic E-state index is -0.791. The highest BCUT2D eigenvalue weighted by Gasteiger charge is 2.23. The highest BCUT2D eigenvalue weighted by Crippen LogP contribution is 2.30. The molecule has 0 atom stereocenters. The molecule has 1 aromatic carbocycles. The molecule has 1 fully saturated rings. The number of hydrogen-bond donors (Lipinski definition) is 0. The molecule has 0 N–H and O–H groups in total. The molecule has 1 aliphatic rings. The van der Waals surface area contributed by atoms with Gasteiger partial charge >= 0.3 is 0 Å². The molecule has 2 rings (SSSR count). The minimum Gasteiger partial charge on any atom is -0.364 e. The van der Waals surface area contributed by atoms with E-state index in [9.17, 15) is 14.3 Å². The van der Waals surface area contributed by atoms with Gasteiger partial charge in [0.15, 0.2) is 0 Å². The smallest absolute Gasteiger partial charge is 0.292 e. The fraction of sp³-hybridized carbons (Fsp3) is 0.455. The van der Waals surface area contributed by atoms with Crippen LogP contribution in [-0.4, -0.2) is 33.7 Å². The molecule has 1 aliphatic heterocycles. The van der Waals surface area contributed by atoms with Crippen molar-refractivity contribution in [1.82, 2.24) is 0 Å². The maximum absolute atomic E-state index is 11.3. The second kappa shape index (κ2) is 5.67. The second-order valence-corrected chi connectivity index (χ2v) is 6.01. The van der Waals surface area contributed by atoms with Crippen LogP contribution in [-0.2, 0) is 16.7 Å². The molecule has 18 heavy (non-hydrogen) atoms. The Hall–Kier alpha value is -1.14. The fourth-order valence-electron chi connectivity index (χ4n) is 1.94. The summed E-state index contributed by atoms with van der Waals surface area (Å²) in [6.07, 6.45) is 0. The first-order valence-electron chi connectivity index (χ1n) is 5.55. The van der Waals surface area contributed by atoms with Crippen molar-refractivity contribution >= 4 is 33.8 Å². The van der Waals surface area contributed by atoms with Gasteiger partial charge in [0.2, 0.25) is 0 Å². The molecule has 0 saturated carbocycles. The summed E-state index contributed by atoms with van der Waals surface area (Å²) < 4.78 is 11.3. The number of halogens is 1. The Balaban J connectivity index is 2.31. The largest absolute Gasteiger partial charge is 0.364 e. The van der Waals surface area contributed by atoms with E-state index in [0.29, 0.717) is 30.3 Å². The Morgan fingerprint density at radius 3 is 2.61 bits per heavy atom. The minimum absolute atomic E-state index is 0.0702. The van der Waals surface area contributed by atoms with Crippen molar-refractivity contribution < 1.29 is 9.13 Å². The summed E-state index contributed by atoms with van der Waals surface area (Å²) in [6.45, 7) is 1.18. The molecule has 0 bridgehead atoms. The molecule has 0 spiro atoms. The average Bonchev–Trinajstić information content (AvgIpc) is 2.39. The van der Waals surface area contributed by atoms with E-state index < -0.39 is 15.7 Å². The first kappa shape index (κ1) is 13.3. The highest BCUT2D eigenvalue weighted by molar-refractivity contribution is 7.85. The van der Waals surface area contributed by atoms with Crippen LogP contribution in [0.15, 0.2) is 18.2 Å². The Morgan fingerprint density at radius 1 is 1.39 bits per heavy atom. The zero-order chi connectivity index (χ0) is 13.1. The quantitative estimate of drug-likeness (QED) is 0.484. The highest BCUT2D eigenvalue weighted by atomic mass is 35.5. The van der Waals surface area contributed by atoms with Gasteiger partial charge in [-0.25, -0.2) is 0 Å². The van der Waals surface area contributed by atoms with E-state index in [1.807, 2.05) is 4.90 Å². The summed E-state index contributed by atoms with van der Waals surface area (Å²) in [4.78, 5) is 12.6. The molecule has 98 valence electrons. The topological polar surface area (TPSA) is 63.5 Å². The monoisotopic (exact) mass is 288 g/mol. The van der Waals surface area contributed by atoms with Crippen LogP contribution in [0.4, 0.5) is 11.4 Å². The lowest BCUT2D eigenvalue weighted by atomic mass is 10.1. The third-order valence-electron chi connectivity index (χ3n) is 2.91. The number of alkyl halides is 1. The molecule has 0 aliphatic carbocycles. The number of nitro groups is 1. The normalized spacial score (nSPS) is 16.8. The van der Waals surface area contributed by atoms with Crippen molar-refractivity contribution in [2.24, 2.45) is 0 Å². The van der Waals surface area contributed by atoms with Gasteiger partial charge in [0, 0.05) is 47.3 Å². The zero-order valence-electron chi connectivity index (χ0n) is 9.67. The van der Waals surface area contributed by atoms with Crippen LogP contribution in [0, 0.1) is 10.1 Å². The van der Waals surface area contributed by atoms with Gasteiger partial charge in [-0.05, 0) is 11.6 Å². The summed E-state index contributed by atoms with van der Waals surface area (Å²) in [7, 11) is -0.791. The SMILES string of the molecule is O=[N+]([O-])c1cc(CCl)ccc1N1CCS(=O)CC1. The van der Waals surface area contributed by atoms with Crippen LogP contribution < -0.4 is 4.90 Å². The Bertz CT molecular complexity index is 485. The zero-order valence-corrected chi connectivity index (χ0v) is 11.2. The average molecular weight is 289 g/mol. The third kappa shape index (κ3) is 2.81. The van der Waals surface area contributed by atoms with Gasteiger partial charge in [0.05, 0.1) is 4.92 Å². The van der Waals surface area contributed by atoms with Crippen LogP contribution in [0.5, 0.6) is 0 Å². The lowest BCUT2D eigenvalue weighted by Gasteiger charge is -2.28. The molecule has 0 amide bonds. The van der Waals surface area contributed by atoms with Crippen LogP contribution in [0.2, 0.25) is 0 Å². The Labute approximate surface area is 112 Å². The molecular formula is C11H13ClN2O3S. The third-order valence-corrected chi connectivity index (χ3v) is 4.49. The van der Waals surface area contributed by atoms with Crippen molar-refractivity contribution in [3.8, 4) is 0 Å². The van der Waals surface area contributed by atoms with Gasteiger partial charge in [-0.1, -0.05) is 6.07 Å². The molecule has 1 heterocycles. The van der Waals surface area contributed by atoms with Crippen LogP contribution >= 0.6 is 11.6 Å². The second-order valence-electron chi connectivity index (χ2n) is 4.05. The van der Waals surface area contributed by atoms with Crippen molar-refractivity contribution in [2.75, 3.05) is 29.5 Å². The molecule has 0 radical (unpaired) electrons. The summed E-state index contributed by atoms with van der Waals surface area (Å²) in [5.41, 5.74) is 1.39. The van der Waals surface area contributed by atoms with E-state index in [-0.39, 0.29) is 11.6 Å². The number of nitrogens with zero attached hydrogens (tertiary/aromatic N) is 2. The first-order valence-corrected chi connectivity index (χ1v) is 7.57. The van der Waals surface area contributed by atoms with Crippen LogP contribution in [0.1, 0.15) is 5.56 Å². The van der Waals surface area contributed by atoms with Gasteiger partial charge < -0.3 is 4.90 Å². The number of nitro benzene ring substituents is 1. The molecule has 5 nitrogen and oxygen atoms in total. The lowest BCUT2D eigenvalue weighted by Crippen LogP contribution is -2.38. The number of benzene rings is 1. The molecule has 7 heteroatoms.